The van der Waals surface area contributed by atoms with Gasteiger partial charge in [0.05, 0.1) is 11.1 Å². The summed E-state index contributed by atoms with van der Waals surface area (Å²) >= 11 is 6.27. The Hall–Kier alpha value is -1.36. The Morgan fingerprint density at radius 2 is 2.26 bits per heavy atom. The second-order valence-electron chi connectivity index (χ2n) is 6.90. The second-order valence-corrected chi connectivity index (χ2v) is 7.34. The highest BCUT2D eigenvalue weighted by Crippen LogP contribution is 2.37. The third kappa shape index (κ3) is 2.59. The summed E-state index contributed by atoms with van der Waals surface area (Å²) in [4.78, 5) is 6.91. The highest BCUT2D eigenvalue weighted by atomic mass is 35.5. The number of fused-ring (bicyclic) bond motifs is 2. The molecule has 2 aliphatic heterocycles. The molecule has 0 radical (unpaired) electrons. The van der Waals surface area contributed by atoms with Crippen LogP contribution in [0, 0.1) is 12.8 Å². The summed E-state index contributed by atoms with van der Waals surface area (Å²) in [7, 11) is 0. The molecule has 23 heavy (non-hydrogen) atoms. The molecule has 2 N–H and O–H groups in total. The van der Waals surface area contributed by atoms with Crippen molar-refractivity contribution in [1.29, 1.82) is 0 Å². The van der Waals surface area contributed by atoms with Gasteiger partial charge in [-0.05, 0) is 50.1 Å². The van der Waals surface area contributed by atoms with Crippen LogP contribution in [0.4, 0.5) is 5.69 Å². The van der Waals surface area contributed by atoms with E-state index in [0.29, 0.717) is 0 Å². The summed E-state index contributed by atoms with van der Waals surface area (Å²) in [6.45, 7) is 5.59. The summed E-state index contributed by atoms with van der Waals surface area (Å²) in [6.07, 6.45) is 3.55. The molecule has 0 spiro atoms. The Morgan fingerprint density at radius 3 is 3.13 bits per heavy atom. The first kappa shape index (κ1) is 15.2. The minimum atomic E-state index is -0.502. The average Bonchev–Trinajstić information content (AvgIpc) is 2.53. The van der Waals surface area contributed by atoms with Crippen LogP contribution in [-0.2, 0) is 0 Å². The number of anilines is 1. The molecule has 1 aromatic heterocycles. The smallest absolute Gasteiger partial charge is 0.0752 e. The lowest BCUT2D eigenvalue weighted by Gasteiger charge is -2.48. The third-order valence-corrected chi connectivity index (χ3v) is 5.68. The molecule has 0 aliphatic carbocycles. The van der Waals surface area contributed by atoms with Gasteiger partial charge in [-0.2, -0.15) is 0 Å². The van der Waals surface area contributed by atoms with Gasteiger partial charge in [0.2, 0.25) is 0 Å². The predicted molar refractivity (Wildman–Crippen MR) is 94.2 cm³/mol. The first-order chi connectivity index (χ1) is 11.1. The number of hydrogen-bond acceptors (Lipinski definition) is 4. The molecule has 2 atom stereocenters. The molecule has 3 heterocycles. The molecule has 1 aromatic carbocycles. The topological polar surface area (TPSA) is 48.4 Å². The average molecular weight is 332 g/mol. The molecule has 4 nitrogen and oxygen atoms in total. The van der Waals surface area contributed by atoms with Crippen LogP contribution in [0.2, 0.25) is 5.02 Å². The highest BCUT2D eigenvalue weighted by molar-refractivity contribution is 6.31. The van der Waals surface area contributed by atoms with Crippen LogP contribution >= 0.6 is 11.6 Å². The number of benzene rings is 1. The maximum Gasteiger partial charge on any atom is 0.0752 e. The maximum atomic E-state index is 10.9. The lowest BCUT2D eigenvalue weighted by Crippen LogP contribution is -2.59. The molecule has 0 bridgehead atoms. The van der Waals surface area contributed by atoms with Gasteiger partial charge in [0.25, 0.3) is 0 Å². The number of pyridine rings is 1. The van der Waals surface area contributed by atoms with Gasteiger partial charge in [-0.25, -0.2) is 0 Å². The molecule has 5 heteroatoms. The van der Waals surface area contributed by atoms with Crippen molar-refractivity contribution in [2.75, 3.05) is 31.1 Å². The van der Waals surface area contributed by atoms with Crippen LogP contribution in [0.15, 0.2) is 24.4 Å². The van der Waals surface area contributed by atoms with Gasteiger partial charge in [-0.15, -0.1) is 0 Å². The number of nitrogens with zero attached hydrogens (tertiary/aromatic N) is 2. The van der Waals surface area contributed by atoms with E-state index in [1.807, 2.05) is 25.3 Å². The molecule has 2 saturated heterocycles. The van der Waals surface area contributed by atoms with Crippen LogP contribution in [0.25, 0.3) is 10.9 Å². The van der Waals surface area contributed by atoms with E-state index in [1.54, 1.807) is 0 Å². The monoisotopic (exact) mass is 331 g/mol. The van der Waals surface area contributed by atoms with Gasteiger partial charge in [0, 0.05) is 47.8 Å². The fourth-order valence-corrected chi connectivity index (χ4v) is 4.37. The van der Waals surface area contributed by atoms with Crippen molar-refractivity contribution in [2.45, 2.75) is 25.4 Å². The van der Waals surface area contributed by atoms with Crippen molar-refractivity contribution >= 4 is 28.2 Å². The van der Waals surface area contributed by atoms with Gasteiger partial charge < -0.3 is 15.3 Å². The SMILES string of the molecule is Cc1cc(Cl)cc2c(N3CC[C@]4(O)CCNC[C@@H]4C3)ccnc12. The summed E-state index contributed by atoms with van der Waals surface area (Å²) < 4.78 is 0. The number of aryl methyl sites for hydroxylation is 1. The van der Waals surface area contributed by atoms with Gasteiger partial charge in [-0.3, -0.25) is 4.98 Å². The van der Waals surface area contributed by atoms with Crippen molar-refractivity contribution in [1.82, 2.24) is 10.3 Å². The van der Waals surface area contributed by atoms with E-state index in [1.165, 1.54) is 5.69 Å². The van der Waals surface area contributed by atoms with E-state index in [-0.39, 0.29) is 5.92 Å². The van der Waals surface area contributed by atoms with Gasteiger partial charge >= 0.3 is 0 Å². The number of aromatic nitrogens is 1. The number of halogens is 1. The molecule has 0 unspecified atom stereocenters. The van der Waals surface area contributed by atoms with E-state index in [0.717, 1.165) is 60.5 Å². The first-order valence-electron chi connectivity index (χ1n) is 8.30. The van der Waals surface area contributed by atoms with Gasteiger partial charge in [0.15, 0.2) is 0 Å². The van der Waals surface area contributed by atoms with Crippen molar-refractivity contribution in [3.63, 3.8) is 0 Å². The quantitative estimate of drug-likeness (QED) is 0.843. The van der Waals surface area contributed by atoms with Crippen molar-refractivity contribution < 1.29 is 5.11 Å². The fraction of sp³-hybridized carbons (Fsp3) is 0.500. The Balaban J connectivity index is 1.73. The summed E-state index contributed by atoms with van der Waals surface area (Å²) in [5.41, 5.74) is 2.78. The summed E-state index contributed by atoms with van der Waals surface area (Å²) in [5.74, 6) is 0.272. The van der Waals surface area contributed by atoms with E-state index in [2.05, 4.69) is 21.3 Å². The Kier molecular flexibility index (Phi) is 3.71. The van der Waals surface area contributed by atoms with Crippen molar-refractivity contribution in [3.05, 3.63) is 35.0 Å². The molecule has 0 saturated carbocycles. The number of piperidine rings is 2. The Labute approximate surface area is 141 Å². The molecule has 0 amide bonds. The van der Waals surface area contributed by atoms with Crippen LogP contribution in [-0.4, -0.2) is 41.9 Å². The Morgan fingerprint density at radius 1 is 1.39 bits per heavy atom. The maximum absolute atomic E-state index is 10.9. The van der Waals surface area contributed by atoms with Gasteiger partial charge in [0.1, 0.15) is 0 Å². The lowest BCUT2D eigenvalue weighted by atomic mass is 9.76. The molecule has 2 fully saturated rings. The normalized spacial score (nSPS) is 28.0. The largest absolute Gasteiger partial charge is 0.389 e. The van der Waals surface area contributed by atoms with Crippen molar-refractivity contribution in [3.8, 4) is 0 Å². The van der Waals surface area contributed by atoms with Crippen LogP contribution in [0.5, 0.6) is 0 Å². The molecular formula is C18H22ClN3O. The van der Waals surface area contributed by atoms with Crippen LogP contribution < -0.4 is 10.2 Å². The molecule has 2 aliphatic rings. The van der Waals surface area contributed by atoms with Crippen LogP contribution in [0.3, 0.4) is 0 Å². The van der Waals surface area contributed by atoms with Crippen LogP contribution in [0.1, 0.15) is 18.4 Å². The number of rotatable bonds is 1. The standard InChI is InChI=1S/C18H22ClN3O/c1-12-8-14(19)9-15-16(2-5-21-17(12)15)22-7-4-18(23)3-6-20-10-13(18)11-22/h2,5,8-9,13,20,23H,3-4,6-7,10-11H2,1H3/t13-,18-/m1/s1. The lowest BCUT2D eigenvalue weighted by molar-refractivity contribution is -0.0538. The minimum Gasteiger partial charge on any atom is -0.389 e. The number of aliphatic hydroxyl groups is 1. The highest BCUT2D eigenvalue weighted by Gasteiger charge is 2.43. The summed E-state index contributed by atoms with van der Waals surface area (Å²) in [5, 5.41) is 16.1. The third-order valence-electron chi connectivity index (χ3n) is 5.46. The van der Waals surface area contributed by atoms with Gasteiger partial charge in [-0.1, -0.05) is 11.6 Å². The predicted octanol–water partition coefficient (Wildman–Crippen LogP) is 2.75. The molecular weight excluding hydrogens is 310 g/mol. The zero-order valence-electron chi connectivity index (χ0n) is 13.3. The van der Waals surface area contributed by atoms with E-state index in [9.17, 15) is 5.11 Å². The van der Waals surface area contributed by atoms with Crippen molar-refractivity contribution in [2.24, 2.45) is 5.92 Å². The zero-order chi connectivity index (χ0) is 16.0. The molecule has 122 valence electrons. The fourth-order valence-electron chi connectivity index (χ4n) is 4.09. The number of nitrogens with one attached hydrogen (secondary N) is 1. The zero-order valence-corrected chi connectivity index (χ0v) is 14.1. The van der Waals surface area contributed by atoms with E-state index < -0.39 is 5.60 Å². The van der Waals surface area contributed by atoms with E-state index >= 15 is 0 Å². The Bertz CT molecular complexity index is 750. The summed E-state index contributed by atoms with van der Waals surface area (Å²) in [6, 6.07) is 6.03. The number of hydrogen-bond donors (Lipinski definition) is 2. The molecule has 2 aromatic rings. The second kappa shape index (κ2) is 5.62. The molecule has 4 rings (SSSR count). The van der Waals surface area contributed by atoms with E-state index in [4.69, 9.17) is 11.6 Å². The minimum absolute atomic E-state index is 0.272. The first-order valence-corrected chi connectivity index (χ1v) is 8.67.